The number of hydrogen-bond donors (Lipinski definition) is 2. The van der Waals surface area contributed by atoms with Crippen molar-refractivity contribution in [2.75, 3.05) is 4.72 Å². The Balaban J connectivity index is 2.35. The lowest BCUT2D eigenvalue weighted by atomic mass is 10.4. The summed E-state index contributed by atoms with van der Waals surface area (Å²) >= 11 is 11.5. The summed E-state index contributed by atoms with van der Waals surface area (Å²) in [5, 5.41) is 6.60. The molecule has 17 heavy (non-hydrogen) atoms. The van der Waals surface area contributed by atoms with Crippen LogP contribution in [0.3, 0.4) is 0 Å². The van der Waals surface area contributed by atoms with Gasteiger partial charge in [0, 0.05) is 6.07 Å². The molecule has 0 bridgehead atoms. The van der Waals surface area contributed by atoms with E-state index in [0.29, 0.717) is 5.02 Å². The molecular formula is C9H7Cl2N3O2S. The third kappa shape index (κ3) is 2.71. The normalized spacial score (nSPS) is 11.4. The number of rotatable bonds is 3. The van der Waals surface area contributed by atoms with Crippen LogP contribution in [0.25, 0.3) is 0 Å². The second kappa shape index (κ2) is 4.56. The Morgan fingerprint density at radius 3 is 2.53 bits per heavy atom. The van der Waals surface area contributed by atoms with Crippen molar-refractivity contribution < 1.29 is 8.42 Å². The third-order valence-corrected chi connectivity index (χ3v) is 4.05. The lowest BCUT2D eigenvalue weighted by Crippen LogP contribution is -2.13. The average molecular weight is 292 g/mol. The molecule has 5 nitrogen and oxygen atoms in total. The highest BCUT2D eigenvalue weighted by molar-refractivity contribution is 7.92. The number of aromatic amines is 1. The van der Waals surface area contributed by atoms with Gasteiger partial charge < -0.3 is 0 Å². The largest absolute Gasteiger partial charge is 0.264 e. The van der Waals surface area contributed by atoms with Crippen molar-refractivity contribution in [1.29, 1.82) is 0 Å². The van der Waals surface area contributed by atoms with Crippen molar-refractivity contribution in [2.45, 2.75) is 4.90 Å². The van der Waals surface area contributed by atoms with Gasteiger partial charge in [0.05, 0.1) is 21.1 Å². The predicted molar refractivity (Wildman–Crippen MR) is 65.9 cm³/mol. The van der Waals surface area contributed by atoms with Gasteiger partial charge in [-0.3, -0.25) is 9.82 Å². The maximum Gasteiger partial charge on any atom is 0.263 e. The van der Waals surface area contributed by atoms with Crippen molar-refractivity contribution >= 4 is 39.0 Å². The fraction of sp³-hybridized carbons (Fsp3) is 0. The van der Waals surface area contributed by atoms with E-state index in [1.165, 1.54) is 30.5 Å². The Morgan fingerprint density at radius 1 is 1.18 bits per heavy atom. The van der Waals surface area contributed by atoms with E-state index >= 15 is 0 Å². The van der Waals surface area contributed by atoms with Gasteiger partial charge in [0.2, 0.25) is 0 Å². The number of nitrogens with one attached hydrogen (secondary N) is 2. The van der Waals surface area contributed by atoms with Gasteiger partial charge in [0.1, 0.15) is 5.82 Å². The van der Waals surface area contributed by atoms with Crippen LogP contribution in [0.2, 0.25) is 10.0 Å². The van der Waals surface area contributed by atoms with E-state index in [1.54, 1.807) is 0 Å². The van der Waals surface area contributed by atoms with E-state index in [-0.39, 0.29) is 15.7 Å². The molecule has 0 atom stereocenters. The summed E-state index contributed by atoms with van der Waals surface area (Å²) in [6, 6.07) is 5.57. The van der Waals surface area contributed by atoms with E-state index in [4.69, 9.17) is 23.2 Å². The molecule has 0 spiro atoms. The van der Waals surface area contributed by atoms with Gasteiger partial charge in [-0.05, 0) is 18.2 Å². The molecule has 0 aliphatic heterocycles. The van der Waals surface area contributed by atoms with Crippen molar-refractivity contribution in [3.63, 3.8) is 0 Å². The van der Waals surface area contributed by atoms with Crippen LogP contribution in [-0.2, 0) is 10.0 Å². The maximum absolute atomic E-state index is 11.9. The van der Waals surface area contributed by atoms with Crippen LogP contribution in [0, 0.1) is 0 Å². The molecule has 8 heteroatoms. The molecule has 0 unspecified atom stereocenters. The summed E-state index contributed by atoms with van der Waals surface area (Å²) in [4.78, 5) is 0.0292. The standard InChI is InChI=1S/C9H7Cl2N3O2S/c10-7-2-1-6(5-8(7)11)17(15,16)14-9-3-4-12-13-9/h1-5H,(H2,12,13,14). The van der Waals surface area contributed by atoms with Crippen LogP contribution in [0.15, 0.2) is 35.4 Å². The van der Waals surface area contributed by atoms with Crippen LogP contribution < -0.4 is 4.72 Å². The topological polar surface area (TPSA) is 74.8 Å². The minimum absolute atomic E-state index is 0.0292. The molecule has 0 radical (unpaired) electrons. The second-order valence-electron chi connectivity index (χ2n) is 3.15. The molecule has 0 saturated heterocycles. The summed E-state index contributed by atoms with van der Waals surface area (Å²) < 4.78 is 26.1. The minimum atomic E-state index is -3.69. The van der Waals surface area contributed by atoms with E-state index in [1.807, 2.05) is 0 Å². The first-order valence-corrected chi connectivity index (χ1v) is 6.70. The van der Waals surface area contributed by atoms with Crippen molar-refractivity contribution in [1.82, 2.24) is 10.2 Å². The van der Waals surface area contributed by atoms with Gasteiger partial charge in [-0.25, -0.2) is 8.42 Å². The smallest absolute Gasteiger partial charge is 0.263 e. The highest BCUT2D eigenvalue weighted by Gasteiger charge is 2.15. The molecule has 90 valence electrons. The van der Waals surface area contributed by atoms with Gasteiger partial charge in [-0.15, -0.1) is 0 Å². The Kier molecular flexibility index (Phi) is 3.28. The first kappa shape index (κ1) is 12.2. The van der Waals surface area contributed by atoms with Gasteiger partial charge >= 0.3 is 0 Å². The average Bonchev–Trinajstić information content (AvgIpc) is 2.73. The molecule has 0 aliphatic carbocycles. The number of sulfonamides is 1. The summed E-state index contributed by atoms with van der Waals surface area (Å²) in [6.07, 6.45) is 1.44. The lowest BCUT2D eigenvalue weighted by Gasteiger charge is -2.06. The minimum Gasteiger partial charge on any atom is -0.264 e. The number of nitrogens with zero attached hydrogens (tertiary/aromatic N) is 1. The number of benzene rings is 1. The van der Waals surface area contributed by atoms with Gasteiger partial charge in [-0.1, -0.05) is 23.2 Å². The maximum atomic E-state index is 11.9. The summed E-state index contributed by atoms with van der Waals surface area (Å²) in [5.74, 6) is 0.274. The molecular weight excluding hydrogens is 285 g/mol. The Bertz CT molecular complexity index is 626. The predicted octanol–water partition coefficient (Wildman–Crippen LogP) is 2.52. The van der Waals surface area contributed by atoms with E-state index in [2.05, 4.69) is 14.9 Å². The number of halogens is 2. The Morgan fingerprint density at radius 2 is 1.94 bits per heavy atom. The molecule has 2 rings (SSSR count). The van der Waals surface area contributed by atoms with Gasteiger partial charge in [0.15, 0.2) is 0 Å². The van der Waals surface area contributed by atoms with Crippen molar-refractivity contribution in [3.05, 3.63) is 40.5 Å². The quantitative estimate of drug-likeness (QED) is 0.912. The van der Waals surface area contributed by atoms with Crippen LogP contribution in [-0.4, -0.2) is 18.6 Å². The van der Waals surface area contributed by atoms with Crippen LogP contribution in [0.5, 0.6) is 0 Å². The van der Waals surface area contributed by atoms with Crippen molar-refractivity contribution in [2.24, 2.45) is 0 Å². The zero-order valence-corrected chi connectivity index (χ0v) is 10.6. The fourth-order valence-electron chi connectivity index (χ4n) is 1.16. The van der Waals surface area contributed by atoms with Gasteiger partial charge in [0.25, 0.3) is 10.0 Å². The summed E-state index contributed by atoms with van der Waals surface area (Å²) in [7, 11) is -3.69. The number of H-pyrrole nitrogens is 1. The lowest BCUT2D eigenvalue weighted by molar-refractivity contribution is 0.601. The van der Waals surface area contributed by atoms with E-state index in [0.717, 1.165) is 0 Å². The molecule has 0 saturated carbocycles. The zero-order valence-electron chi connectivity index (χ0n) is 8.31. The number of hydrogen-bond acceptors (Lipinski definition) is 3. The molecule has 1 aromatic carbocycles. The Hall–Kier alpha value is -1.24. The molecule has 2 aromatic rings. The van der Waals surface area contributed by atoms with Crippen molar-refractivity contribution in [3.8, 4) is 0 Å². The summed E-state index contributed by atoms with van der Waals surface area (Å²) in [6.45, 7) is 0. The number of anilines is 1. The highest BCUT2D eigenvalue weighted by atomic mass is 35.5. The van der Waals surface area contributed by atoms with Crippen LogP contribution >= 0.6 is 23.2 Å². The molecule has 1 aromatic heterocycles. The summed E-state index contributed by atoms with van der Waals surface area (Å²) in [5.41, 5.74) is 0. The van der Waals surface area contributed by atoms with Crippen LogP contribution in [0.1, 0.15) is 0 Å². The fourth-order valence-corrected chi connectivity index (χ4v) is 2.56. The first-order valence-electron chi connectivity index (χ1n) is 4.46. The Labute approximate surface area is 108 Å². The first-order chi connectivity index (χ1) is 7.99. The SMILES string of the molecule is O=S(=O)(Nc1ccn[nH]1)c1ccc(Cl)c(Cl)c1. The molecule has 2 N–H and O–H groups in total. The molecule has 0 aliphatic rings. The van der Waals surface area contributed by atoms with E-state index in [9.17, 15) is 8.42 Å². The molecule has 1 heterocycles. The zero-order chi connectivity index (χ0) is 12.5. The highest BCUT2D eigenvalue weighted by Crippen LogP contribution is 2.25. The van der Waals surface area contributed by atoms with Gasteiger partial charge in [-0.2, -0.15) is 5.10 Å². The number of aromatic nitrogens is 2. The third-order valence-electron chi connectivity index (χ3n) is 1.95. The molecule has 0 amide bonds. The monoisotopic (exact) mass is 291 g/mol. The molecule has 0 fully saturated rings. The second-order valence-corrected chi connectivity index (χ2v) is 5.65. The van der Waals surface area contributed by atoms with E-state index < -0.39 is 10.0 Å². The van der Waals surface area contributed by atoms with Crippen LogP contribution in [0.4, 0.5) is 5.82 Å².